The molecule has 1 atom stereocenters. The van der Waals surface area contributed by atoms with Gasteiger partial charge in [-0.1, -0.05) is 12.1 Å². The summed E-state index contributed by atoms with van der Waals surface area (Å²) in [6.45, 7) is 0.392. The lowest BCUT2D eigenvalue weighted by atomic mass is 10.0. The molecule has 0 spiro atoms. The van der Waals surface area contributed by atoms with Gasteiger partial charge in [-0.25, -0.2) is 27.2 Å². The zero-order valence-corrected chi connectivity index (χ0v) is 18.8. The molecule has 0 radical (unpaired) electrons. The predicted molar refractivity (Wildman–Crippen MR) is 121 cm³/mol. The maximum Gasteiger partial charge on any atom is 0.270 e. The smallest absolute Gasteiger partial charge is 0.270 e. The van der Waals surface area contributed by atoms with E-state index < -0.39 is 22.0 Å². The van der Waals surface area contributed by atoms with E-state index >= 15 is 0 Å². The van der Waals surface area contributed by atoms with Crippen LogP contribution in [0.4, 0.5) is 20.3 Å². The Morgan fingerprint density at radius 2 is 1.81 bits per heavy atom. The van der Waals surface area contributed by atoms with Gasteiger partial charge in [0.1, 0.15) is 11.6 Å². The lowest BCUT2D eigenvalue weighted by molar-refractivity contribution is -0.0460. The van der Waals surface area contributed by atoms with E-state index in [0.29, 0.717) is 33.8 Å². The van der Waals surface area contributed by atoms with Gasteiger partial charge in [0.05, 0.1) is 23.2 Å². The van der Waals surface area contributed by atoms with Gasteiger partial charge in [0, 0.05) is 51.6 Å². The van der Waals surface area contributed by atoms with Crippen LogP contribution in [0.5, 0.6) is 0 Å². The molecule has 3 aromatic rings. The first-order valence-electron chi connectivity index (χ1n) is 10.1. The SMILES string of the molecule is CN(c1nc(-c2ccc(N(C)S(C)(=O)=O)cc2)cc2nccnc12)[C@H]1CNCCC1(F)F. The second-order valence-corrected chi connectivity index (χ2v) is 9.89. The molecule has 11 heteroatoms. The van der Waals surface area contributed by atoms with Crippen LogP contribution in [0.15, 0.2) is 42.7 Å². The number of nitrogens with one attached hydrogen (secondary N) is 1. The Bertz CT molecular complexity index is 1240. The summed E-state index contributed by atoms with van der Waals surface area (Å²) in [6.07, 6.45) is 3.92. The number of aromatic nitrogens is 3. The molecule has 1 aliphatic rings. The van der Waals surface area contributed by atoms with E-state index in [4.69, 9.17) is 0 Å². The number of hydrogen-bond donors (Lipinski definition) is 1. The fourth-order valence-corrected chi connectivity index (χ4v) is 4.27. The monoisotopic (exact) mass is 462 g/mol. The molecule has 170 valence electrons. The molecule has 0 bridgehead atoms. The van der Waals surface area contributed by atoms with Crippen molar-refractivity contribution in [3.05, 3.63) is 42.7 Å². The van der Waals surface area contributed by atoms with Crippen molar-refractivity contribution in [1.29, 1.82) is 0 Å². The van der Waals surface area contributed by atoms with E-state index in [2.05, 4.69) is 20.3 Å². The van der Waals surface area contributed by atoms with Crippen molar-refractivity contribution in [3.8, 4) is 11.3 Å². The number of rotatable bonds is 5. The largest absolute Gasteiger partial charge is 0.347 e. The van der Waals surface area contributed by atoms with Crippen molar-refractivity contribution in [3.63, 3.8) is 0 Å². The van der Waals surface area contributed by atoms with Gasteiger partial charge in [0.2, 0.25) is 10.0 Å². The van der Waals surface area contributed by atoms with Crippen molar-refractivity contribution in [1.82, 2.24) is 20.3 Å². The van der Waals surface area contributed by atoms with Gasteiger partial charge in [0.25, 0.3) is 5.92 Å². The summed E-state index contributed by atoms with van der Waals surface area (Å²) in [7, 11) is -0.323. The first-order valence-corrected chi connectivity index (χ1v) is 11.9. The fourth-order valence-electron chi connectivity index (χ4n) is 3.76. The van der Waals surface area contributed by atoms with Crippen molar-refractivity contribution in [2.45, 2.75) is 18.4 Å². The number of sulfonamides is 1. The molecule has 4 rings (SSSR count). The van der Waals surface area contributed by atoms with Crippen LogP contribution in [0.1, 0.15) is 6.42 Å². The highest BCUT2D eigenvalue weighted by Gasteiger charge is 2.44. The van der Waals surface area contributed by atoms with Crippen molar-refractivity contribution >= 4 is 32.6 Å². The molecule has 8 nitrogen and oxygen atoms in total. The third kappa shape index (κ3) is 4.22. The molecule has 0 aliphatic carbocycles. The minimum Gasteiger partial charge on any atom is -0.347 e. The van der Waals surface area contributed by atoms with E-state index in [1.54, 1.807) is 37.4 Å². The summed E-state index contributed by atoms with van der Waals surface area (Å²) in [6, 6.07) is 7.48. The Hall–Kier alpha value is -2.92. The Kier molecular flexibility index (Phi) is 5.72. The third-order valence-electron chi connectivity index (χ3n) is 5.72. The van der Waals surface area contributed by atoms with Crippen LogP contribution in [-0.2, 0) is 10.0 Å². The zero-order valence-electron chi connectivity index (χ0n) is 18.0. The molecule has 32 heavy (non-hydrogen) atoms. The molecule has 0 saturated carbocycles. The average molecular weight is 463 g/mol. The van der Waals surface area contributed by atoms with Crippen LogP contribution in [-0.4, -0.2) is 68.8 Å². The molecule has 3 heterocycles. The summed E-state index contributed by atoms with van der Waals surface area (Å²) in [4.78, 5) is 14.8. The molecule has 2 aromatic heterocycles. The first-order chi connectivity index (χ1) is 15.1. The van der Waals surface area contributed by atoms with Crippen molar-refractivity contribution < 1.29 is 17.2 Å². The molecule has 1 aromatic carbocycles. The normalized spacial score (nSPS) is 18.5. The van der Waals surface area contributed by atoms with E-state index in [0.717, 1.165) is 6.26 Å². The number of alkyl halides is 2. The van der Waals surface area contributed by atoms with Crippen LogP contribution in [0, 0.1) is 0 Å². The second kappa shape index (κ2) is 8.21. The average Bonchev–Trinajstić information content (AvgIpc) is 2.76. The minimum atomic E-state index is -3.39. The standard InChI is InChI=1S/C21H24F2N6O2S/c1-28(18-13-24-9-8-21(18,22)23)20-19-17(25-10-11-26-19)12-16(27-20)14-4-6-15(7-5-14)29(2)32(3,30)31/h4-7,10-12,18,24H,8-9,13H2,1-3H3/t18-/m0/s1. The Labute approximate surface area is 185 Å². The summed E-state index contributed by atoms with van der Waals surface area (Å²) in [5.41, 5.74) is 2.70. The number of piperidine rings is 1. The molecule has 0 unspecified atom stereocenters. The van der Waals surface area contributed by atoms with Gasteiger partial charge < -0.3 is 10.2 Å². The quantitative estimate of drug-likeness (QED) is 0.623. The fraction of sp³-hybridized carbons (Fsp3) is 0.381. The number of nitrogens with zero attached hydrogens (tertiary/aromatic N) is 5. The maximum absolute atomic E-state index is 14.6. The van der Waals surface area contributed by atoms with Crippen LogP contribution < -0.4 is 14.5 Å². The molecule has 1 aliphatic heterocycles. The molecule has 1 fully saturated rings. The summed E-state index contributed by atoms with van der Waals surface area (Å²) >= 11 is 0. The third-order valence-corrected chi connectivity index (χ3v) is 6.93. The van der Waals surface area contributed by atoms with Crippen LogP contribution in [0.2, 0.25) is 0 Å². The number of halogens is 2. The second-order valence-electron chi connectivity index (χ2n) is 7.87. The van der Waals surface area contributed by atoms with Crippen molar-refractivity contribution in [2.24, 2.45) is 0 Å². The number of hydrogen-bond acceptors (Lipinski definition) is 7. The minimum absolute atomic E-state index is 0.129. The summed E-state index contributed by atoms with van der Waals surface area (Å²) in [5, 5.41) is 3.03. The van der Waals surface area contributed by atoms with Gasteiger partial charge >= 0.3 is 0 Å². The topological polar surface area (TPSA) is 91.3 Å². The van der Waals surface area contributed by atoms with Crippen molar-refractivity contribution in [2.75, 3.05) is 42.6 Å². The predicted octanol–water partition coefficient (Wildman–Crippen LogP) is 2.52. The summed E-state index contributed by atoms with van der Waals surface area (Å²) in [5.74, 6) is -2.55. The lowest BCUT2D eigenvalue weighted by Crippen LogP contribution is -2.57. The summed E-state index contributed by atoms with van der Waals surface area (Å²) < 4.78 is 54.0. The van der Waals surface area contributed by atoms with E-state index in [1.807, 2.05) is 0 Å². The first kappa shape index (κ1) is 22.3. The van der Waals surface area contributed by atoms with Gasteiger partial charge in [-0.05, 0) is 18.2 Å². The Morgan fingerprint density at radius 3 is 2.47 bits per heavy atom. The molecule has 0 amide bonds. The van der Waals surface area contributed by atoms with Crippen LogP contribution in [0.3, 0.4) is 0 Å². The molecular weight excluding hydrogens is 438 g/mol. The Balaban J connectivity index is 1.77. The van der Waals surface area contributed by atoms with Gasteiger partial charge in [-0.15, -0.1) is 0 Å². The van der Waals surface area contributed by atoms with Crippen LogP contribution >= 0.6 is 0 Å². The number of fused-ring (bicyclic) bond motifs is 1. The zero-order chi connectivity index (χ0) is 23.1. The Morgan fingerprint density at radius 1 is 1.12 bits per heavy atom. The lowest BCUT2D eigenvalue weighted by Gasteiger charge is -2.38. The highest BCUT2D eigenvalue weighted by Crippen LogP contribution is 2.34. The van der Waals surface area contributed by atoms with Gasteiger partial charge in [0.15, 0.2) is 5.82 Å². The van der Waals surface area contributed by atoms with Gasteiger partial charge in [-0.2, -0.15) is 0 Å². The van der Waals surface area contributed by atoms with E-state index in [9.17, 15) is 17.2 Å². The number of anilines is 2. The highest BCUT2D eigenvalue weighted by atomic mass is 32.2. The van der Waals surface area contributed by atoms with Crippen LogP contribution in [0.25, 0.3) is 22.3 Å². The van der Waals surface area contributed by atoms with E-state index in [1.165, 1.54) is 28.6 Å². The number of likely N-dealkylation sites (N-methyl/N-ethyl adjacent to an activating group) is 1. The van der Waals surface area contributed by atoms with E-state index in [-0.39, 0.29) is 19.5 Å². The maximum atomic E-state index is 14.6. The number of benzene rings is 1. The highest BCUT2D eigenvalue weighted by molar-refractivity contribution is 7.92. The molecule has 1 N–H and O–H groups in total. The molecular formula is C21H24F2N6O2S. The van der Waals surface area contributed by atoms with Gasteiger partial charge in [-0.3, -0.25) is 9.29 Å². The molecule has 1 saturated heterocycles. The number of pyridine rings is 1.